The number of thiocarbonyl (C=S) groups is 1. The molecule has 2 aromatic rings. The van der Waals surface area contributed by atoms with Crippen LogP contribution in [0.1, 0.15) is 5.56 Å². The molecule has 0 atom stereocenters. The fraction of sp³-hybridized carbons (Fsp3) is 0.0909. The lowest BCUT2D eigenvalue weighted by atomic mass is 10.1. The number of anilines is 1. The van der Waals surface area contributed by atoms with Gasteiger partial charge < -0.3 is 5.73 Å². The molecule has 8 heteroatoms. The second kappa shape index (κ2) is 5.37. The molecular weight excluding hydrogens is 284 g/mol. The van der Waals surface area contributed by atoms with Crippen molar-refractivity contribution in [2.75, 3.05) is 4.72 Å². The molecule has 0 bridgehead atoms. The van der Waals surface area contributed by atoms with E-state index in [1.807, 2.05) is 0 Å². The van der Waals surface area contributed by atoms with Crippen molar-refractivity contribution in [3.05, 3.63) is 42.2 Å². The van der Waals surface area contributed by atoms with Gasteiger partial charge in [0.05, 0.1) is 11.2 Å². The fourth-order valence-corrected chi connectivity index (χ4v) is 2.62. The Balaban J connectivity index is 2.14. The van der Waals surface area contributed by atoms with E-state index in [0.29, 0.717) is 17.1 Å². The minimum atomic E-state index is -3.60. The average molecular weight is 296 g/mol. The first-order valence-corrected chi connectivity index (χ1v) is 7.25. The highest BCUT2D eigenvalue weighted by atomic mass is 32.2. The van der Waals surface area contributed by atoms with Gasteiger partial charge in [-0.05, 0) is 17.7 Å². The van der Waals surface area contributed by atoms with Gasteiger partial charge in [-0.1, -0.05) is 24.4 Å². The zero-order valence-electron chi connectivity index (χ0n) is 9.83. The molecule has 4 N–H and O–H groups in total. The second-order valence-electron chi connectivity index (χ2n) is 3.88. The molecule has 0 radical (unpaired) electrons. The summed E-state index contributed by atoms with van der Waals surface area (Å²) in [5.74, 6) is 0. The molecule has 0 fully saturated rings. The maximum Gasteiger partial charge on any atom is 0.265 e. The summed E-state index contributed by atoms with van der Waals surface area (Å²) in [6.45, 7) is 0. The third kappa shape index (κ3) is 3.52. The Morgan fingerprint density at radius 1 is 1.37 bits per heavy atom. The van der Waals surface area contributed by atoms with Gasteiger partial charge in [-0.25, -0.2) is 8.42 Å². The highest BCUT2D eigenvalue weighted by Gasteiger charge is 2.14. The van der Waals surface area contributed by atoms with E-state index in [0.717, 1.165) is 5.56 Å². The van der Waals surface area contributed by atoms with E-state index in [9.17, 15) is 8.42 Å². The van der Waals surface area contributed by atoms with Crippen molar-refractivity contribution in [1.29, 1.82) is 0 Å². The standard InChI is InChI=1S/C11H12N4O2S2/c12-11(18)5-8-1-3-9(4-2-8)15-19(16,17)10-6-13-14-7-10/h1-4,6-7,15H,5H2,(H2,12,18)(H,13,14). The van der Waals surface area contributed by atoms with Crippen molar-refractivity contribution in [2.24, 2.45) is 5.73 Å². The topological polar surface area (TPSA) is 101 Å². The van der Waals surface area contributed by atoms with Crippen LogP contribution in [-0.2, 0) is 16.4 Å². The quantitative estimate of drug-likeness (QED) is 0.716. The van der Waals surface area contributed by atoms with Gasteiger partial charge in [-0.15, -0.1) is 0 Å². The number of hydrogen-bond acceptors (Lipinski definition) is 4. The van der Waals surface area contributed by atoms with E-state index in [1.165, 1.54) is 12.4 Å². The van der Waals surface area contributed by atoms with Gasteiger partial charge in [-0.2, -0.15) is 5.10 Å². The summed E-state index contributed by atoms with van der Waals surface area (Å²) in [4.78, 5) is 0.478. The van der Waals surface area contributed by atoms with Crippen LogP contribution in [0.5, 0.6) is 0 Å². The maximum absolute atomic E-state index is 11.9. The van der Waals surface area contributed by atoms with Gasteiger partial charge in [0.1, 0.15) is 4.90 Å². The Hall–Kier alpha value is -1.93. The predicted octanol–water partition coefficient (Wildman–Crippen LogP) is 1.04. The maximum atomic E-state index is 11.9. The van der Waals surface area contributed by atoms with Crippen LogP contribution < -0.4 is 10.5 Å². The zero-order chi connectivity index (χ0) is 13.9. The fourth-order valence-electron chi connectivity index (χ4n) is 1.49. The summed E-state index contributed by atoms with van der Waals surface area (Å²) >= 11 is 4.81. The molecule has 1 aromatic carbocycles. The molecule has 0 spiro atoms. The molecule has 100 valence electrons. The first-order chi connectivity index (χ1) is 8.97. The number of hydrogen-bond donors (Lipinski definition) is 3. The lowest BCUT2D eigenvalue weighted by Gasteiger charge is -2.07. The molecule has 0 aliphatic carbocycles. The second-order valence-corrected chi connectivity index (χ2v) is 6.09. The molecule has 0 saturated heterocycles. The number of aromatic amines is 1. The van der Waals surface area contributed by atoms with Gasteiger partial charge >= 0.3 is 0 Å². The Kier molecular flexibility index (Phi) is 3.82. The van der Waals surface area contributed by atoms with E-state index in [2.05, 4.69) is 14.9 Å². The molecular formula is C11H12N4O2S2. The highest BCUT2D eigenvalue weighted by Crippen LogP contribution is 2.15. The van der Waals surface area contributed by atoms with Crippen LogP contribution >= 0.6 is 12.2 Å². The Morgan fingerprint density at radius 3 is 2.58 bits per heavy atom. The Labute approximate surface area is 116 Å². The highest BCUT2D eigenvalue weighted by molar-refractivity contribution is 7.92. The van der Waals surface area contributed by atoms with Crippen LogP contribution in [0.2, 0.25) is 0 Å². The van der Waals surface area contributed by atoms with Gasteiger partial charge in [-0.3, -0.25) is 9.82 Å². The number of aromatic nitrogens is 2. The van der Waals surface area contributed by atoms with Crippen molar-refractivity contribution in [1.82, 2.24) is 10.2 Å². The summed E-state index contributed by atoms with van der Waals surface area (Å²) in [7, 11) is -3.60. The smallest absolute Gasteiger partial charge is 0.265 e. The first-order valence-electron chi connectivity index (χ1n) is 5.36. The molecule has 0 aliphatic heterocycles. The lowest BCUT2D eigenvalue weighted by Crippen LogP contribution is -2.13. The van der Waals surface area contributed by atoms with Crippen LogP contribution in [0.4, 0.5) is 5.69 Å². The number of nitrogens with two attached hydrogens (primary N) is 1. The molecule has 0 amide bonds. The molecule has 0 unspecified atom stereocenters. The SMILES string of the molecule is NC(=S)Cc1ccc(NS(=O)(=O)c2cn[nH]c2)cc1. The third-order valence-corrected chi connectivity index (χ3v) is 3.86. The van der Waals surface area contributed by atoms with Crippen molar-refractivity contribution in [2.45, 2.75) is 11.3 Å². The van der Waals surface area contributed by atoms with Gasteiger partial charge in [0.2, 0.25) is 0 Å². The summed E-state index contributed by atoms with van der Waals surface area (Å²) in [5, 5.41) is 6.06. The Bertz CT molecular complexity index is 663. The van der Waals surface area contributed by atoms with E-state index >= 15 is 0 Å². The van der Waals surface area contributed by atoms with Crippen molar-refractivity contribution >= 4 is 32.9 Å². The van der Waals surface area contributed by atoms with E-state index < -0.39 is 10.0 Å². The van der Waals surface area contributed by atoms with Crippen LogP contribution in [0, 0.1) is 0 Å². The van der Waals surface area contributed by atoms with Crippen LogP contribution in [-0.4, -0.2) is 23.6 Å². The molecule has 19 heavy (non-hydrogen) atoms. The lowest BCUT2D eigenvalue weighted by molar-refractivity contribution is 0.601. The van der Waals surface area contributed by atoms with Crippen LogP contribution in [0.15, 0.2) is 41.6 Å². The number of nitrogens with one attached hydrogen (secondary N) is 2. The number of rotatable bonds is 5. The molecule has 0 saturated carbocycles. The minimum absolute atomic E-state index is 0.0831. The monoisotopic (exact) mass is 296 g/mol. The molecule has 0 aliphatic rings. The van der Waals surface area contributed by atoms with Crippen molar-refractivity contribution in [3.8, 4) is 0 Å². The summed E-state index contributed by atoms with van der Waals surface area (Å²) < 4.78 is 26.3. The van der Waals surface area contributed by atoms with Gasteiger partial charge in [0.25, 0.3) is 10.0 Å². The number of sulfonamides is 1. The van der Waals surface area contributed by atoms with Crippen molar-refractivity contribution in [3.63, 3.8) is 0 Å². The van der Waals surface area contributed by atoms with Crippen LogP contribution in [0.3, 0.4) is 0 Å². The summed E-state index contributed by atoms with van der Waals surface area (Å²) in [5.41, 5.74) is 6.83. The number of benzene rings is 1. The van der Waals surface area contributed by atoms with Gasteiger partial charge in [0, 0.05) is 18.3 Å². The predicted molar refractivity (Wildman–Crippen MR) is 76.3 cm³/mol. The largest absolute Gasteiger partial charge is 0.393 e. The third-order valence-electron chi connectivity index (χ3n) is 2.37. The zero-order valence-corrected chi connectivity index (χ0v) is 11.5. The van der Waals surface area contributed by atoms with Crippen LogP contribution in [0.25, 0.3) is 0 Å². The summed E-state index contributed by atoms with van der Waals surface area (Å²) in [6, 6.07) is 6.86. The summed E-state index contributed by atoms with van der Waals surface area (Å²) in [6.07, 6.45) is 3.04. The number of nitrogens with zero attached hydrogens (tertiary/aromatic N) is 1. The van der Waals surface area contributed by atoms with E-state index in [-0.39, 0.29) is 4.90 Å². The molecule has 1 heterocycles. The molecule has 1 aromatic heterocycles. The molecule has 6 nitrogen and oxygen atoms in total. The van der Waals surface area contributed by atoms with Gasteiger partial charge in [0.15, 0.2) is 0 Å². The van der Waals surface area contributed by atoms with E-state index in [1.54, 1.807) is 24.3 Å². The minimum Gasteiger partial charge on any atom is -0.393 e. The average Bonchev–Trinajstić information content (AvgIpc) is 2.85. The van der Waals surface area contributed by atoms with Crippen molar-refractivity contribution < 1.29 is 8.42 Å². The number of H-pyrrole nitrogens is 1. The first kappa shape index (κ1) is 13.5. The Morgan fingerprint density at radius 2 is 2.05 bits per heavy atom. The molecule has 2 rings (SSSR count). The van der Waals surface area contributed by atoms with E-state index in [4.69, 9.17) is 18.0 Å². The normalized spacial score (nSPS) is 11.2.